The van der Waals surface area contributed by atoms with Gasteiger partial charge in [0.05, 0.1) is 11.4 Å². The van der Waals surface area contributed by atoms with E-state index < -0.39 is 10.2 Å². The maximum atomic E-state index is 12.2. The van der Waals surface area contributed by atoms with Crippen LogP contribution in [0.15, 0.2) is 6.07 Å². The van der Waals surface area contributed by atoms with Gasteiger partial charge in [-0.05, 0) is 32.8 Å². The first kappa shape index (κ1) is 11.6. The second-order valence-electron chi connectivity index (χ2n) is 4.24. The van der Waals surface area contributed by atoms with Gasteiger partial charge in [-0.1, -0.05) is 6.42 Å². The van der Waals surface area contributed by atoms with Crippen LogP contribution in [0.1, 0.15) is 30.7 Å². The number of aryl methyl sites for hydroxylation is 2. The highest BCUT2D eigenvalue weighted by Crippen LogP contribution is 2.16. The van der Waals surface area contributed by atoms with Crippen molar-refractivity contribution in [3.05, 3.63) is 17.5 Å². The molecule has 0 saturated carbocycles. The Balaban J connectivity index is 2.34. The van der Waals surface area contributed by atoms with E-state index >= 15 is 0 Å². The summed E-state index contributed by atoms with van der Waals surface area (Å²) in [5.74, 6) is 0. The van der Waals surface area contributed by atoms with Gasteiger partial charge in [-0.15, -0.1) is 4.09 Å². The lowest BCUT2D eigenvalue weighted by molar-refractivity contribution is 0.340. The molecule has 2 heterocycles. The molecule has 1 aliphatic rings. The number of piperidine rings is 1. The average molecular weight is 243 g/mol. The normalized spacial score (nSPS) is 18.9. The van der Waals surface area contributed by atoms with E-state index in [1.54, 1.807) is 19.9 Å². The monoisotopic (exact) mass is 243 g/mol. The van der Waals surface area contributed by atoms with Gasteiger partial charge in [0.2, 0.25) is 0 Å². The van der Waals surface area contributed by atoms with Gasteiger partial charge < -0.3 is 0 Å². The number of hydrogen-bond acceptors (Lipinski definition) is 3. The Morgan fingerprint density at radius 3 is 2.31 bits per heavy atom. The maximum absolute atomic E-state index is 12.2. The molecule has 1 aliphatic heterocycles. The molecule has 0 atom stereocenters. The van der Waals surface area contributed by atoms with E-state index in [0.29, 0.717) is 18.8 Å². The fourth-order valence-electron chi connectivity index (χ4n) is 2.05. The molecule has 90 valence electrons. The Morgan fingerprint density at radius 2 is 1.81 bits per heavy atom. The summed E-state index contributed by atoms with van der Waals surface area (Å²) in [4.78, 5) is 0. The van der Waals surface area contributed by atoms with Crippen LogP contribution in [0.25, 0.3) is 0 Å². The lowest BCUT2D eigenvalue weighted by Gasteiger charge is -2.25. The van der Waals surface area contributed by atoms with E-state index in [4.69, 9.17) is 0 Å². The van der Waals surface area contributed by atoms with Gasteiger partial charge in [0.1, 0.15) is 0 Å². The third-order valence-corrected chi connectivity index (χ3v) is 4.65. The van der Waals surface area contributed by atoms with Crippen LogP contribution in [-0.2, 0) is 10.2 Å². The van der Waals surface area contributed by atoms with Crippen molar-refractivity contribution >= 4 is 10.2 Å². The second-order valence-corrected chi connectivity index (χ2v) is 6.00. The summed E-state index contributed by atoms with van der Waals surface area (Å²) in [6.07, 6.45) is 3.00. The number of rotatable bonds is 2. The first-order valence-corrected chi connectivity index (χ1v) is 6.95. The van der Waals surface area contributed by atoms with Crippen molar-refractivity contribution in [1.29, 1.82) is 0 Å². The zero-order valence-corrected chi connectivity index (χ0v) is 10.5. The minimum atomic E-state index is -3.43. The Kier molecular flexibility index (Phi) is 3.03. The van der Waals surface area contributed by atoms with E-state index in [1.165, 1.54) is 4.31 Å². The highest BCUT2D eigenvalue weighted by atomic mass is 32.2. The summed E-state index contributed by atoms with van der Waals surface area (Å²) in [6.45, 7) is 4.79. The molecule has 0 unspecified atom stereocenters. The van der Waals surface area contributed by atoms with Crippen LogP contribution in [0, 0.1) is 13.8 Å². The van der Waals surface area contributed by atoms with Crippen molar-refractivity contribution < 1.29 is 8.42 Å². The molecule has 16 heavy (non-hydrogen) atoms. The zero-order chi connectivity index (χ0) is 11.8. The fraction of sp³-hybridized carbons (Fsp3) is 0.700. The molecule has 0 amide bonds. The van der Waals surface area contributed by atoms with Crippen LogP contribution in [0.5, 0.6) is 0 Å². The Bertz CT molecular complexity index is 472. The van der Waals surface area contributed by atoms with Gasteiger partial charge in [0.25, 0.3) is 0 Å². The van der Waals surface area contributed by atoms with Crippen LogP contribution in [-0.4, -0.2) is 35.0 Å². The lowest BCUT2D eigenvalue weighted by Crippen LogP contribution is -2.40. The van der Waals surface area contributed by atoms with Crippen molar-refractivity contribution in [2.45, 2.75) is 33.1 Å². The molecule has 1 saturated heterocycles. The third kappa shape index (κ3) is 1.99. The van der Waals surface area contributed by atoms with Crippen molar-refractivity contribution in [1.82, 2.24) is 13.5 Å². The highest BCUT2D eigenvalue weighted by molar-refractivity contribution is 7.87. The standard InChI is InChI=1S/C10H17N3O2S/c1-9-8-10(2)13(11-9)16(14,15)12-6-4-3-5-7-12/h8H,3-7H2,1-2H3. The van der Waals surface area contributed by atoms with Crippen LogP contribution >= 0.6 is 0 Å². The molecular weight excluding hydrogens is 226 g/mol. The molecule has 0 bridgehead atoms. The van der Waals surface area contributed by atoms with Gasteiger partial charge in [0, 0.05) is 13.1 Å². The summed E-state index contributed by atoms with van der Waals surface area (Å²) in [7, 11) is -3.43. The molecule has 0 aromatic carbocycles. The van der Waals surface area contributed by atoms with E-state index in [-0.39, 0.29) is 0 Å². The topological polar surface area (TPSA) is 55.2 Å². The summed E-state index contributed by atoms with van der Waals surface area (Å²) in [5.41, 5.74) is 1.40. The Morgan fingerprint density at radius 1 is 1.19 bits per heavy atom. The molecule has 2 rings (SSSR count). The molecule has 6 heteroatoms. The van der Waals surface area contributed by atoms with E-state index in [1.807, 2.05) is 0 Å². The number of aromatic nitrogens is 2. The predicted molar refractivity (Wildman–Crippen MR) is 61.4 cm³/mol. The summed E-state index contributed by atoms with van der Waals surface area (Å²) in [5, 5.41) is 4.04. The second kappa shape index (κ2) is 4.18. The largest absolute Gasteiger partial charge is 0.323 e. The Hall–Kier alpha value is -0.880. The molecule has 1 aromatic heterocycles. The first-order chi connectivity index (χ1) is 7.51. The predicted octanol–water partition coefficient (Wildman–Crippen LogP) is 1.08. The molecule has 5 nitrogen and oxygen atoms in total. The van der Waals surface area contributed by atoms with E-state index in [2.05, 4.69) is 5.10 Å². The summed E-state index contributed by atoms with van der Waals surface area (Å²) in [6, 6.07) is 1.78. The minimum absolute atomic E-state index is 0.612. The van der Waals surface area contributed by atoms with Crippen LogP contribution in [0.2, 0.25) is 0 Å². The number of nitrogens with zero attached hydrogens (tertiary/aromatic N) is 3. The van der Waals surface area contributed by atoms with Crippen molar-refractivity contribution in [3.8, 4) is 0 Å². The molecule has 1 aromatic rings. The van der Waals surface area contributed by atoms with Crippen molar-refractivity contribution in [2.75, 3.05) is 13.1 Å². The van der Waals surface area contributed by atoms with Gasteiger partial charge in [0.15, 0.2) is 0 Å². The van der Waals surface area contributed by atoms with Crippen LogP contribution < -0.4 is 0 Å². The lowest BCUT2D eigenvalue weighted by atomic mass is 10.2. The smallest absolute Gasteiger partial charge is 0.187 e. The van der Waals surface area contributed by atoms with Gasteiger partial charge in [-0.2, -0.15) is 17.8 Å². The Labute approximate surface area is 96.2 Å². The SMILES string of the molecule is Cc1cc(C)n(S(=O)(=O)N2CCCCC2)n1. The molecular formula is C10H17N3O2S. The molecule has 0 aliphatic carbocycles. The van der Waals surface area contributed by atoms with E-state index in [9.17, 15) is 8.42 Å². The quantitative estimate of drug-likeness (QED) is 0.781. The summed E-state index contributed by atoms with van der Waals surface area (Å²) < 4.78 is 27.2. The van der Waals surface area contributed by atoms with Crippen LogP contribution in [0.4, 0.5) is 0 Å². The maximum Gasteiger partial charge on any atom is 0.323 e. The van der Waals surface area contributed by atoms with Gasteiger partial charge >= 0.3 is 10.2 Å². The van der Waals surface area contributed by atoms with E-state index in [0.717, 1.165) is 29.0 Å². The molecule has 0 radical (unpaired) electrons. The average Bonchev–Trinajstić information content (AvgIpc) is 2.60. The zero-order valence-electron chi connectivity index (χ0n) is 9.68. The molecule has 1 fully saturated rings. The molecule has 0 spiro atoms. The minimum Gasteiger partial charge on any atom is -0.187 e. The van der Waals surface area contributed by atoms with Gasteiger partial charge in [-0.3, -0.25) is 0 Å². The van der Waals surface area contributed by atoms with Crippen molar-refractivity contribution in [3.63, 3.8) is 0 Å². The van der Waals surface area contributed by atoms with Crippen LogP contribution in [0.3, 0.4) is 0 Å². The first-order valence-electron chi connectivity index (χ1n) is 5.56. The summed E-state index contributed by atoms with van der Waals surface area (Å²) >= 11 is 0. The van der Waals surface area contributed by atoms with Gasteiger partial charge in [-0.25, -0.2) is 0 Å². The fourth-order valence-corrected chi connectivity index (χ4v) is 3.63. The number of hydrogen-bond donors (Lipinski definition) is 0. The molecule has 0 N–H and O–H groups in total. The van der Waals surface area contributed by atoms with Crippen molar-refractivity contribution in [2.24, 2.45) is 0 Å². The highest BCUT2D eigenvalue weighted by Gasteiger charge is 2.27. The third-order valence-electron chi connectivity index (χ3n) is 2.83.